The van der Waals surface area contributed by atoms with E-state index in [1.165, 1.54) is 19.2 Å². The molecule has 0 spiro atoms. The van der Waals surface area contributed by atoms with Crippen molar-refractivity contribution in [2.45, 2.75) is 0 Å². The largest absolute Gasteiger partial charge is 0.479 e. The summed E-state index contributed by atoms with van der Waals surface area (Å²) in [6, 6.07) is 5.57. The summed E-state index contributed by atoms with van der Waals surface area (Å²) in [5.41, 5.74) is 0.169. The first-order chi connectivity index (χ1) is 9.15. The maximum absolute atomic E-state index is 13.7. The number of anilines is 2. The highest BCUT2D eigenvalue weighted by molar-refractivity contribution is 5.59. The van der Waals surface area contributed by atoms with Gasteiger partial charge < -0.3 is 10.1 Å². The predicted molar refractivity (Wildman–Crippen MR) is 62.9 cm³/mol. The van der Waals surface area contributed by atoms with Gasteiger partial charge in [0.1, 0.15) is 12.1 Å². The first-order valence-corrected chi connectivity index (χ1v) is 5.17. The highest BCUT2D eigenvalue weighted by atomic mass is 19.1. The van der Waals surface area contributed by atoms with Crippen LogP contribution in [0.5, 0.6) is 5.88 Å². The van der Waals surface area contributed by atoms with Crippen LogP contribution in [-0.2, 0) is 0 Å². The van der Waals surface area contributed by atoms with Gasteiger partial charge in [-0.3, -0.25) is 0 Å². The van der Waals surface area contributed by atoms with Crippen molar-refractivity contribution in [1.29, 1.82) is 5.26 Å². The zero-order valence-electron chi connectivity index (χ0n) is 9.82. The minimum atomic E-state index is -0.825. The molecule has 0 aliphatic rings. The van der Waals surface area contributed by atoms with Gasteiger partial charge in [0.15, 0.2) is 5.82 Å². The Morgan fingerprint density at radius 2 is 2.11 bits per heavy atom. The van der Waals surface area contributed by atoms with Crippen LogP contribution in [0, 0.1) is 23.0 Å². The van der Waals surface area contributed by atoms with Gasteiger partial charge in [-0.1, -0.05) is 0 Å². The molecule has 0 saturated carbocycles. The fourth-order valence-electron chi connectivity index (χ4n) is 1.40. The second-order valence-electron chi connectivity index (χ2n) is 3.48. The Bertz CT molecular complexity index is 655. The molecular formula is C12H8F2N4O. The van der Waals surface area contributed by atoms with Crippen LogP contribution in [0.25, 0.3) is 0 Å². The van der Waals surface area contributed by atoms with E-state index in [1.54, 1.807) is 6.07 Å². The molecule has 1 N–H and O–H groups in total. The van der Waals surface area contributed by atoms with Gasteiger partial charge >= 0.3 is 0 Å². The summed E-state index contributed by atoms with van der Waals surface area (Å²) < 4.78 is 32.1. The Morgan fingerprint density at radius 3 is 2.74 bits per heavy atom. The van der Waals surface area contributed by atoms with Crippen molar-refractivity contribution in [2.24, 2.45) is 0 Å². The Morgan fingerprint density at radius 1 is 1.32 bits per heavy atom. The molecule has 0 aliphatic heterocycles. The van der Waals surface area contributed by atoms with Crippen LogP contribution in [0.4, 0.5) is 20.3 Å². The predicted octanol–water partition coefficient (Wildman–Crippen LogP) is 2.38. The molecule has 0 saturated heterocycles. The number of ether oxygens (including phenoxy) is 1. The lowest BCUT2D eigenvalue weighted by Crippen LogP contribution is -2.02. The third kappa shape index (κ3) is 2.57. The van der Waals surface area contributed by atoms with Crippen LogP contribution in [-0.4, -0.2) is 17.1 Å². The summed E-state index contributed by atoms with van der Waals surface area (Å²) >= 11 is 0. The summed E-state index contributed by atoms with van der Waals surface area (Å²) in [5.74, 6) is -1.97. The second-order valence-corrected chi connectivity index (χ2v) is 3.48. The number of rotatable bonds is 3. The van der Waals surface area contributed by atoms with E-state index in [1.807, 2.05) is 0 Å². The van der Waals surface area contributed by atoms with Crippen LogP contribution in [0.2, 0.25) is 0 Å². The molecule has 0 atom stereocenters. The standard InChI is InChI=1S/C12H8F2N4O/c1-19-12-10(14)11(16-6-17-12)18-9-3-2-7(5-15)4-8(9)13/h2-4,6H,1H3,(H,16,17,18). The van der Waals surface area contributed by atoms with E-state index in [0.29, 0.717) is 0 Å². The molecular weight excluding hydrogens is 254 g/mol. The van der Waals surface area contributed by atoms with Gasteiger partial charge in [-0.25, -0.2) is 9.37 Å². The van der Waals surface area contributed by atoms with E-state index < -0.39 is 11.6 Å². The Hall–Kier alpha value is -2.75. The van der Waals surface area contributed by atoms with Crippen LogP contribution < -0.4 is 10.1 Å². The van der Waals surface area contributed by atoms with Crippen molar-refractivity contribution in [3.8, 4) is 11.9 Å². The highest BCUT2D eigenvalue weighted by Crippen LogP contribution is 2.24. The molecule has 19 heavy (non-hydrogen) atoms. The summed E-state index contributed by atoms with van der Waals surface area (Å²) in [7, 11) is 1.26. The van der Waals surface area contributed by atoms with Crippen molar-refractivity contribution in [2.75, 3.05) is 12.4 Å². The number of nitrogens with one attached hydrogen (secondary N) is 1. The third-order valence-electron chi connectivity index (χ3n) is 2.30. The van der Waals surface area contributed by atoms with Crippen LogP contribution in [0.3, 0.4) is 0 Å². The van der Waals surface area contributed by atoms with E-state index in [9.17, 15) is 8.78 Å². The molecule has 7 heteroatoms. The summed E-state index contributed by atoms with van der Waals surface area (Å²) in [4.78, 5) is 7.22. The normalized spacial score (nSPS) is 9.79. The summed E-state index contributed by atoms with van der Waals surface area (Å²) in [6.07, 6.45) is 1.09. The average Bonchev–Trinajstić information content (AvgIpc) is 2.43. The molecule has 5 nitrogen and oxygen atoms in total. The second kappa shape index (κ2) is 5.27. The van der Waals surface area contributed by atoms with Crippen LogP contribution in [0.15, 0.2) is 24.5 Å². The number of methoxy groups -OCH3 is 1. The minimum absolute atomic E-state index is 0.00125. The topological polar surface area (TPSA) is 70.8 Å². The monoisotopic (exact) mass is 262 g/mol. The molecule has 2 rings (SSSR count). The fourth-order valence-corrected chi connectivity index (χ4v) is 1.40. The minimum Gasteiger partial charge on any atom is -0.479 e. The van der Waals surface area contributed by atoms with Crippen molar-refractivity contribution >= 4 is 11.5 Å². The first-order valence-electron chi connectivity index (χ1n) is 5.17. The number of aromatic nitrogens is 2. The van der Waals surface area contributed by atoms with Gasteiger partial charge in [-0.2, -0.15) is 14.6 Å². The number of halogens is 2. The number of benzene rings is 1. The van der Waals surface area contributed by atoms with Gasteiger partial charge in [0.2, 0.25) is 5.82 Å². The van der Waals surface area contributed by atoms with E-state index in [0.717, 1.165) is 12.4 Å². The van der Waals surface area contributed by atoms with Crippen molar-refractivity contribution in [3.63, 3.8) is 0 Å². The lowest BCUT2D eigenvalue weighted by molar-refractivity contribution is 0.368. The van der Waals surface area contributed by atoms with E-state index in [2.05, 4.69) is 20.0 Å². The number of hydrogen-bond donors (Lipinski definition) is 1. The van der Waals surface area contributed by atoms with Crippen molar-refractivity contribution in [3.05, 3.63) is 41.7 Å². The molecule has 96 valence electrons. The zero-order valence-corrected chi connectivity index (χ0v) is 9.82. The number of nitrogens with zero attached hydrogens (tertiary/aromatic N) is 3. The molecule has 0 unspecified atom stereocenters. The number of nitriles is 1. The molecule has 0 radical (unpaired) electrons. The lowest BCUT2D eigenvalue weighted by atomic mass is 10.2. The van der Waals surface area contributed by atoms with Gasteiger partial charge in [-0.05, 0) is 18.2 Å². The van der Waals surface area contributed by atoms with E-state index in [-0.39, 0.29) is 22.9 Å². The Balaban J connectivity index is 2.34. The average molecular weight is 262 g/mol. The molecule has 0 fully saturated rings. The maximum atomic E-state index is 13.7. The Labute approximate surface area is 107 Å². The SMILES string of the molecule is COc1ncnc(Nc2ccc(C#N)cc2F)c1F. The smallest absolute Gasteiger partial charge is 0.255 e. The van der Waals surface area contributed by atoms with Gasteiger partial charge in [0.05, 0.1) is 24.4 Å². The van der Waals surface area contributed by atoms with Crippen LogP contribution >= 0.6 is 0 Å². The third-order valence-corrected chi connectivity index (χ3v) is 2.30. The van der Waals surface area contributed by atoms with Gasteiger partial charge in [-0.15, -0.1) is 0 Å². The van der Waals surface area contributed by atoms with Crippen LogP contribution in [0.1, 0.15) is 5.56 Å². The summed E-state index contributed by atoms with van der Waals surface area (Å²) in [6.45, 7) is 0. The molecule has 0 bridgehead atoms. The first kappa shape index (κ1) is 12.7. The maximum Gasteiger partial charge on any atom is 0.255 e. The molecule has 0 aliphatic carbocycles. The molecule has 1 aromatic heterocycles. The molecule has 0 amide bonds. The lowest BCUT2D eigenvalue weighted by Gasteiger charge is -2.09. The number of hydrogen-bond acceptors (Lipinski definition) is 5. The van der Waals surface area contributed by atoms with E-state index >= 15 is 0 Å². The fraction of sp³-hybridized carbons (Fsp3) is 0.0833. The molecule has 1 aromatic carbocycles. The van der Waals surface area contributed by atoms with Gasteiger partial charge in [0, 0.05) is 0 Å². The van der Waals surface area contributed by atoms with Crippen molar-refractivity contribution in [1.82, 2.24) is 9.97 Å². The van der Waals surface area contributed by atoms with Gasteiger partial charge in [0.25, 0.3) is 5.88 Å². The van der Waals surface area contributed by atoms with E-state index in [4.69, 9.17) is 5.26 Å². The Kier molecular flexibility index (Phi) is 3.52. The molecule has 2 aromatic rings. The summed E-state index contributed by atoms with van der Waals surface area (Å²) in [5, 5.41) is 11.1. The quantitative estimate of drug-likeness (QED) is 0.919. The molecule has 1 heterocycles. The zero-order chi connectivity index (χ0) is 13.8. The van der Waals surface area contributed by atoms with Crippen molar-refractivity contribution < 1.29 is 13.5 Å². The highest BCUT2D eigenvalue weighted by Gasteiger charge is 2.13.